The molecule has 0 aromatic heterocycles. The summed E-state index contributed by atoms with van der Waals surface area (Å²) in [5.74, 6) is 0. The van der Waals surface area contributed by atoms with Gasteiger partial charge < -0.3 is 15.2 Å². The van der Waals surface area contributed by atoms with Crippen molar-refractivity contribution in [3.05, 3.63) is 0 Å². The molecule has 0 bridgehead atoms. The summed E-state index contributed by atoms with van der Waals surface area (Å²) in [6, 6.07) is 0.511. The molecule has 0 saturated carbocycles. The highest BCUT2D eigenvalue weighted by molar-refractivity contribution is 4.88. The average Bonchev–Trinajstić information content (AvgIpc) is 2.29. The second kappa shape index (κ2) is 6.14. The van der Waals surface area contributed by atoms with E-state index in [-0.39, 0.29) is 11.6 Å². The zero-order chi connectivity index (χ0) is 13.1. The van der Waals surface area contributed by atoms with E-state index in [1.165, 1.54) is 0 Å². The Morgan fingerprint density at radius 3 is 2.71 bits per heavy atom. The number of rotatable bonds is 5. The van der Waals surface area contributed by atoms with Gasteiger partial charge in [0.1, 0.15) is 0 Å². The molecule has 1 fully saturated rings. The van der Waals surface area contributed by atoms with Gasteiger partial charge in [-0.2, -0.15) is 0 Å². The standard InChI is InChI=1S/C13H28N2O2/c1-6-11-9-17-10(2)7-15(11)8-12(14)13(3,4)16-5/h10-12H,6-9,14H2,1-5H3. The van der Waals surface area contributed by atoms with Crippen molar-refractivity contribution in [2.24, 2.45) is 5.73 Å². The lowest BCUT2D eigenvalue weighted by atomic mass is 9.97. The molecule has 1 aliphatic heterocycles. The van der Waals surface area contributed by atoms with Gasteiger partial charge in [-0.15, -0.1) is 0 Å². The molecule has 2 N–H and O–H groups in total. The summed E-state index contributed by atoms with van der Waals surface area (Å²) in [5.41, 5.74) is 5.97. The molecular formula is C13H28N2O2. The SMILES string of the molecule is CCC1COC(C)CN1CC(N)C(C)(C)OC. The Kier molecular flexibility index (Phi) is 5.38. The number of nitrogens with zero attached hydrogens (tertiary/aromatic N) is 1. The predicted octanol–water partition coefficient (Wildman–Crippen LogP) is 1.24. The second-order valence-electron chi connectivity index (χ2n) is 5.57. The molecule has 0 aromatic rings. The van der Waals surface area contributed by atoms with E-state index in [2.05, 4.69) is 18.7 Å². The summed E-state index contributed by atoms with van der Waals surface area (Å²) in [4.78, 5) is 2.44. The maximum Gasteiger partial charge on any atom is 0.0785 e. The van der Waals surface area contributed by atoms with E-state index < -0.39 is 0 Å². The van der Waals surface area contributed by atoms with E-state index in [1.54, 1.807) is 7.11 Å². The maximum absolute atomic E-state index is 6.25. The van der Waals surface area contributed by atoms with Crippen LogP contribution in [-0.2, 0) is 9.47 Å². The predicted molar refractivity (Wildman–Crippen MR) is 70.1 cm³/mol. The minimum atomic E-state index is -0.278. The highest BCUT2D eigenvalue weighted by Crippen LogP contribution is 2.18. The van der Waals surface area contributed by atoms with Crippen molar-refractivity contribution in [2.45, 2.75) is 57.9 Å². The molecule has 1 rings (SSSR count). The van der Waals surface area contributed by atoms with Crippen LogP contribution in [0.15, 0.2) is 0 Å². The van der Waals surface area contributed by atoms with Gasteiger partial charge in [0.2, 0.25) is 0 Å². The van der Waals surface area contributed by atoms with Gasteiger partial charge >= 0.3 is 0 Å². The van der Waals surface area contributed by atoms with Gasteiger partial charge in [0.15, 0.2) is 0 Å². The van der Waals surface area contributed by atoms with Gasteiger partial charge in [0.05, 0.1) is 18.3 Å². The third kappa shape index (κ3) is 3.91. The van der Waals surface area contributed by atoms with Crippen LogP contribution in [0.4, 0.5) is 0 Å². The molecule has 4 heteroatoms. The zero-order valence-corrected chi connectivity index (χ0v) is 11.9. The highest BCUT2D eigenvalue weighted by Gasteiger charge is 2.32. The van der Waals surface area contributed by atoms with Crippen LogP contribution >= 0.6 is 0 Å². The molecule has 3 unspecified atom stereocenters. The molecule has 17 heavy (non-hydrogen) atoms. The number of ether oxygens (including phenoxy) is 2. The molecule has 102 valence electrons. The summed E-state index contributed by atoms with van der Waals surface area (Å²) in [5, 5.41) is 0. The van der Waals surface area contributed by atoms with E-state index in [1.807, 2.05) is 13.8 Å². The normalized spacial score (nSPS) is 29.3. The Labute approximate surface area is 105 Å². The van der Waals surface area contributed by atoms with Crippen LogP contribution in [0.25, 0.3) is 0 Å². The largest absolute Gasteiger partial charge is 0.377 e. The third-order valence-corrected chi connectivity index (χ3v) is 3.90. The van der Waals surface area contributed by atoms with Crippen LogP contribution in [0.3, 0.4) is 0 Å². The number of methoxy groups -OCH3 is 1. The van der Waals surface area contributed by atoms with E-state index in [0.29, 0.717) is 12.1 Å². The Hall–Kier alpha value is -0.160. The van der Waals surface area contributed by atoms with Gasteiger partial charge in [0.25, 0.3) is 0 Å². The Bertz CT molecular complexity index is 233. The summed E-state index contributed by atoms with van der Waals surface area (Å²) < 4.78 is 11.1. The van der Waals surface area contributed by atoms with Crippen LogP contribution in [0, 0.1) is 0 Å². The van der Waals surface area contributed by atoms with E-state index in [9.17, 15) is 0 Å². The van der Waals surface area contributed by atoms with Gasteiger partial charge in [0, 0.05) is 32.3 Å². The summed E-state index contributed by atoms with van der Waals surface area (Å²) in [6.45, 7) is 11.1. The molecular weight excluding hydrogens is 216 g/mol. The van der Waals surface area contributed by atoms with Crippen LogP contribution < -0.4 is 5.73 Å². The minimum absolute atomic E-state index is 0.0202. The van der Waals surface area contributed by atoms with Gasteiger partial charge in [-0.1, -0.05) is 6.92 Å². The molecule has 1 aliphatic rings. The average molecular weight is 244 g/mol. The van der Waals surface area contributed by atoms with Crippen molar-refractivity contribution in [3.8, 4) is 0 Å². The monoisotopic (exact) mass is 244 g/mol. The maximum atomic E-state index is 6.25. The molecule has 3 atom stereocenters. The fourth-order valence-corrected chi connectivity index (χ4v) is 2.14. The molecule has 0 amide bonds. The lowest BCUT2D eigenvalue weighted by Gasteiger charge is -2.42. The number of morpholine rings is 1. The highest BCUT2D eigenvalue weighted by atomic mass is 16.5. The molecule has 0 radical (unpaired) electrons. The van der Waals surface area contributed by atoms with Gasteiger partial charge in [-0.05, 0) is 27.2 Å². The third-order valence-electron chi connectivity index (χ3n) is 3.90. The quantitative estimate of drug-likeness (QED) is 0.790. The van der Waals surface area contributed by atoms with Crippen LogP contribution in [-0.4, -0.2) is 55.5 Å². The van der Waals surface area contributed by atoms with E-state index >= 15 is 0 Å². The van der Waals surface area contributed by atoms with Gasteiger partial charge in [-0.25, -0.2) is 0 Å². The van der Waals surface area contributed by atoms with Crippen LogP contribution in [0.5, 0.6) is 0 Å². The summed E-state index contributed by atoms with van der Waals surface area (Å²) in [6.07, 6.45) is 1.41. The topological polar surface area (TPSA) is 47.7 Å². The van der Waals surface area contributed by atoms with E-state index in [4.69, 9.17) is 15.2 Å². The van der Waals surface area contributed by atoms with Crippen molar-refractivity contribution in [2.75, 3.05) is 26.8 Å². The first kappa shape index (κ1) is 14.9. The van der Waals surface area contributed by atoms with Crippen molar-refractivity contribution in [1.29, 1.82) is 0 Å². The first-order valence-corrected chi connectivity index (χ1v) is 6.57. The Balaban J connectivity index is 2.58. The number of hydrogen-bond acceptors (Lipinski definition) is 4. The lowest BCUT2D eigenvalue weighted by molar-refractivity contribution is -0.0721. The van der Waals surface area contributed by atoms with Crippen molar-refractivity contribution < 1.29 is 9.47 Å². The molecule has 4 nitrogen and oxygen atoms in total. The summed E-state index contributed by atoms with van der Waals surface area (Å²) in [7, 11) is 1.72. The van der Waals surface area contributed by atoms with Gasteiger partial charge in [-0.3, -0.25) is 4.90 Å². The van der Waals surface area contributed by atoms with Crippen molar-refractivity contribution in [1.82, 2.24) is 4.90 Å². The molecule has 0 spiro atoms. The lowest BCUT2D eigenvalue weighted by Crippen LogP contribution is -2.57. The van der Waals surface area contributed by atoms with Crippen LogP contribution in [0.2, 0.25) is 0 Å². The first-order chi connectivity index (χ1) is 7.90. The number of nitrogens with two attached hydrogens (primary N) is 1. The number of hydrogen-bond donors (Lipinski definition) is 1. The molecule has 0 aromatic carbocycles. The molecule has 1 saturated heterocycles. The van der Waals surface area contributed by atoms with E-state index in [0.717, 1.165) is 26.1 Å². The van der Waals surface area contributed by atoms with Crippen molar-refractivity contribution >= 4 is 0 Å². The Morgan fingerprint density at radius 2 is 2.18 bits per heavy atom. The fraction of sp³-hybridized carbons (Fsp3) is 1.00. The minimum Gasteiger partial charge on any atom is -0.377 e. The Morgan fingerprint density at radius 1 is 1.53 bits per heavy atom. The molecule has 1 heterocycles. The van der Waals surface area contributed by atoms with Crippen molar-refractivity contribution in [3.63, 3.8) is 0 Å². The fourth-order valence-electron chi connectivity index (χ4n) is 2.14. The molecule has 0 aliphatic carbocycles. The second-order valence-corrected chi connectivity index (χ2v) is 5.57. The van der Waals surface area contributed by atoms with Crippen LogP contribution in [0.1, 0.15) is 34.1 Å². The smallest absolute Gasteiger partial charge is 0.0785 e. The first-order valence-electron chi connectivity index (χ1n) is 6.57. The zero-order valence-electron chi connectivity index (χ0n) is 11.9. The summed E-state index contributed by atoms with van der Waals surface area (Å²) >= 11 is 0.